The van der Waals surface area contributed by atoms with Gasteiger partial charge in [-0.25, -0.2) is 9.79 Å². The third-order valence-electron chi connectivity index (χ3n) is 5.35. The lowest BCUT2D eigenvalue weighted by atomic mass is 9.91. The molecule has 0 saturated heterocycles. The Kier molecular flexibility index (Phi) is 8.03. The van der Waals surface area contributed by atoms with Crippen LogP contribution in [0.5, 0.6) is 0 Å². The van der Waals surface area contributed by atoms with E-state index in [1.807, 2.05) is 39.8 Å². The summed E-state index contributed by atoms with van der Waals surface area (Å²) < 4.78 is 47.8. The number of thioether (sulfide) groups is 1. The number of benzene rings is 1. The minimum absolute atomic E-state index is 0.0590. The Hall–Kier alpha value is -2.75. The Morgan fingerprint density at radius 3 is 2.26 bits per heavy atom. The molecule has 10 heteroatoms. The smallest absolute Gasteiger partial charge is 0.434 e. The maximum Gasteiger partial charge on any atom is 0.434 e. The fraction of sp³-hybridized carbons (Fsp3) is 0.480. The minimum Gasteiger partial charge on any atom is -0.459 e. The van der Waals surface area contributed by atoms with E-state index in [9.17, 15) is 22.8 Å². The minimum atomic E-state index is -4.88. The van der Waals surface area contributed by atoms with Crippen molar-refractivity contribution in [2.45, 2.75) is 78.2 Å². The van der Waals surface area contributed by atoms with Crippen molar-refractivity contribution in [3.05, 3.63) is 57.8 Å². The highest BCUT2D eigenvalue weighted by molar-refractivity contribution is 8.16. The van der Waals surface area contributed by atoms with Crippen molar-refractivity contribution in [2.24, 2.45) is 4.99 Å². The van der Waals surface area contributed by atoms with Gasteiger partial charge in [0.25, 0.3) is 0 Å². The van der Waals surface area contributed by atoms with Gasteiger partial charge in [0.2, 0.25) is 5.91 Å². The third-order valence-corrected chi connectivity index (χ3v) is 6.24. The molecule has 1 atom stereocenters. The topological polar surface area (TPSA) is 71.0 Å². The van der Waals surface area contributed by atoms with Crippen molar-refractivity contribution in [1.29, 1.82) is 0 Å². The van der Waals surface area contributed by atoms with E-state index >= 15 is 0 Å². The number of hydrogen-bond donors (Lipinski definition) is 1. The maximum atomic E-state index is 14.2. The molecule has 1 aromatic rings. The summed E-state index contributed by atoms with van der Waals surface area (Å²) in [6, 6.07) is 5.85. The van der Waals surface area contributed by atoms with Crippen molar-refractivity contribution < 1.29 is 27.5 Å². The summed E-state index contributed by atoms with van der Waals surface area (Å²) >= 11 is 0.997. The van der Waals surface area contributed by atoms with E-state index in [-0.39, 0.29) is 29.5 Å². The zero-order valence-corrected chi connectivity index (χ0v) is 21.4. The first-order valence-corrected chi connectivity index (χ1v) is 12.3. The molecule has 1 aromatic carbocycles. The van der Waals surface area contributed by atoms with Crippen molar-refractivity contribution in [2.75, 3.05) is 0 Å². The highest BCUT2D eigenvalue weighted by atomic mass is 32.2. The molecule has 35 heavy (non-hydrogen) atoms. The summed E-state index contributed by atoms with van der Waals surface area (Å²) in [6.07, 6.45) is -5.57. The summed E-state index contributed by atoms with van der Waals surface area (Å²) in [7, 11) is 0. The molecule has 190 valence electrons. The number of aliphatic imine (C=N–C) groups is 1. The summed E-state index contributed by atoms with van der Waals surface area (Å²) in [4.78, 5) is 31.0. The molecule has 3 rings (SSSR count). The molecule has 2 aliphatic heterocycles. The molecule has 1 unspecified atom stereocenters. The number of carbonyl (C=O) groups is 2. The number of amides is 1. The molecule has 0 aliphatic carbocycles. The number of nitrogens with one attached hydrogen (secondary N) is 1. The lowest BCUT2D eigenvalue weighted by molar-refractivity contribution is -0.144. The van der Waals surface area contributed by atoms with E-state index < -0.39 is 35.6 Å². The molecule has 0 saturated carbocycles. The number of hydrogen-bond acceptors (Lipinski definition) is 6. The van der Waals surface area contributed by atoms with Gasteiger partial charge < -0.3 is 15.0 Å². The molecule has 1 amide bonds. The maximum absolute atomic E-state index is 14.2. The number of amidine groups is 1. The quantitative estimate of drug-likeness (QED) is 0.471. The van der Waals surface area contributed by atoms with Crippen LogP contribution in [-0.2, 0) is 14.3 Å². The number of nitrogens with zero attached hydrogens (tertiary/aromatic N) is 2. The monoisotopic (exact) mass is 509 g/mol. The number of halogens is 3. The zero-order valence-electron chi connectivity index (χ0n) is 20.6. The van der Waals surface area contributed by atoms with Crippen LogP contribution in [0, 0.1) is 0 Å². The number of allylic oxidation sites excluding steroid dienone is 1. The van der Waals surface area contributed by atoms with Gasteiger partial charge in [0.15, 0.2) is 10.9 Å². The highest BCUT2D eigenvalue weighted by Gasteiger charge is 2.49. The molecule has 2 heterocycles. The van der Waals surface area contributed by atoms with Crippen molar-refractivity contribution >= 4 is 28.8 Å². The van der Waals surface area contributed by atoms with Crippen LogP contribution in [0.4, 0.5) is 13.2 Å². The average molecular weight is 510 g/mol. The molecule has 1 N–H and O–H groups in total. The molecule has 0 bridgehead atoms. The first kappa shape index (κ1) is 26.8. The van der Waals surface area contributed by atoms with Crippen LogP contribution in [0.2, 0.25) is 0 Å². The van der Waals surface area contributed by atoms with Crippen molar-refractivity contribution in [3.63, 3.8) is 0 Å². The van der Waals surface area contributed by atoms with Gasteiger partial charge >= 0.3 is 12.1 Å². The molecule has 0 radical (unpaired) electrons. The zero-order chi connectivity index (χ0) is 26.1. The van der Waals surface area contributed by atoms with Crippen LogP contribution in [0.15, 0.2) is 51.6 Å². The van der Waals surface area contributed by atoms with Crippen LogP contribution in [0.1, 0.15) is 71.0 Å². The van der Waals surface area contributed by atoms with E-state index in [0.717, 1.165) is 17.3 Å². The molecule has 0 spiro atoms. The number of rotatable bonds is 7. The van der Waals surface area contributed by atoms with Crippen molar-refractivity contribution in [3.8, 4) is 0 Å². The predicted molar refractivity (Wildman–Crippen MR) is 130 cm³/mol. The van der Waals surface area contributed by atoms with E-state index in [1.54, 1.807) is 36.3 Å². The lowest BCUT2D eigenvalue weighted by Gasteiger charge is -2.37. The van der Waals surface area contributed by atoms with E-state index in [4.69, 9.17) is 4.74 Å². The Labute approximate surface area is 207 Å². The highest BCUT2D eigenvalue weighted by Crippen LogP contribution is 2.48. The normalized spacial score (nSPS) is 18.2. The summed E-state index contributed by atoms with van der Waals surface area (Å²) in [5.74, 6) is -1.15. The molecule has 0 fully saturated rings. The van der Waals surface area contributed by atoms with Crippen molar-refractivity contribution in [1.82, 2.24) is 10.2 Å². The molecular weight excluding hydrogens is 479 g/mol. The van der Waals surface area contributed by atoms with Crippen LogP contribution < -0.4 is 5.32 Å². The fourth-order valence-corrected chi connectivity index (χ4v) is 4.79. The predicted octanol–water partition coefficient (Wildman–Crippen LogP) is 5.79. The summed E-state index contributed by atoms with van der Waals surface area (Å²) in [5.41, 5.74) is 0.0662. The second-order valence-corrected chi connectivity index (χ2v) is 10.2. The third kappa shape index (κ3) is 6.09. The SMILES string of the molecule is CC(C)NC(=O)CC1=CSC2=NC(C(F)(F)F)=C(C(=O)OC(C)C)C(c3ccc(C(C)C)cc3)N12. The van der Waals surface area contributed by atoms with Gasteiger partial charge in [0.1, 0.15) is 0 Å². The fourth-order valence-electron chi connectivity index (χ4n) is 3.87. The first-order chi connectivity index (χ1) is 16.3. The second-order valence-electron chi connectivity index (χ2n) is 9.33. The van der Waals surface area contributed by atoms with Crippen LogP contribution in [0.3, 0.4) is 0 Å². The Morgan fingerprint density at radius 1 is 1.11 bits per heavy atom. The molecule has 6 nitrogen and oxygen atoms in total. The van der Waals surface area contributed by atoms with Crippen LogP contribution in [-0.4, -0.2) is 40.3 Å². The number of fused-ring (bicyclic) bond motifs is 1. The van der Waals surface area contributed by atoms with E-state index in [1.165, 1.54) is 0 Å². The van der Waals surface area contributed by atoms with E-state index in [0.29, 0.717) is 11.3 Å². The second kappa shape index (κ2) is 10.5. The lowest BCUT2D eigenvalue weighted by Crippen LogP contribution is -2.40. The Morgan fingerprint density at radius 2 is 1.74 bits per heavy atom. The van der Waals surface area contributed by atoms with Gasteiger partial charge in [-0.05, 0) is 50.1 Å². The summed E-state index contributed by atoms with van der Waals surface area (Å²) in [5, 5.41) is 4.46. The first-order valence-electron chi connectivity index (χ1n) is 11.4. The van der Waals surface area contributed by atoms with Gasteiger partial charge in [0.05, 0.1) is 24.1 Å². The average Bonchev–Trinajstić information content (AvgIpc) is 3.13. The van der Waals surface area contributed by atoms with Gasteiger partial charge in [-0.2, -0.15) is 13.2 Å². The van der Waals surface area contributed by atoms with Gasteiger partial charge in [-0.1, -0.05) is 49.9 Å². The Bertz CT molecular complexity index is 1070. The number of alkyl halides is 3. The Balaban J connectivity index is 2.17. The standard InChI is InChI=1S/C25H30F3N3O3S/c1-13(2)16-7-9-17(10-8-16)21-20(23(33)34-15(5)6)22(25(26,27)28)30-24-31(21)18(12-35-24)11-19(32)29-14(3)4/h7-10,12-15,21H,11H2,1-6H3,(H,29,32). The van der Waals surface area contributed by atoms with E-state index in [2.05, 4.69) is 10.3 Å². The van der Waals surface area contributed by atoms with Crippen LogP contribution >= 0.6 is 11.8 Å². The summed E-state index contributed by atoms with van der Waals surface area (Å²) in [6.45, 7) is 10.8. The number of ether oxygens (including phenoxy) is 1. The largest absolute Gasteiger partial charge is 0.459 e. The number of carbonyl (C=O) groups excluding carboxylic acids is 2. The molecule has 2 aliphatic rings. The van der Waals surface area contributed by atoms with Gasteiger partial charge in [-0.3, -0.25) is 4.79 Å². The molecule has 0 aromatic heterocycles. The van der Waals surface area contributed by atoms with Gasteiger partial charge in [-0.15, -0.1) is 0 Å². The van der Waals surface area contributed by atoms with Crippen LogP contribution in [0.25, 0.3) is 0 Å². The van der Waals surface area contributed by atoms with Gasteiger partial charge in [0, 0.05) is 11.7 Å². The molecular formula is C25H30F3N3O3S. The number of esters is 1.